The molecular weight excluding hydrogens is 378 g/mol. The number of hydrogen-bond donors (Lipinski definition) is 2. The molecule has 0 bridgehead atoms. The fraction of sp³-hybridized carbons (Fsp3) is 0.600. The normalized spacial score (nSPS) is 21.6. The van der Waals surface area contributed by atoms with E-state index in [-0.39, 0.29) is 30.1 Å². The van der Waals surface area contributed by atoms with Gasteiger partial charge < -0.3 is 15.2 Å². The zero-order chi connectivity index (χ0) is 21.2. The zero-order valence-corrected chi connectivity index (χ0v) is 17.8. The van der Waals surface area contributed by atoms with Crippen LogP contribution in [-0.2, 0) is 9.59 Å². The predicted octanol–water partition coefficient (Wildman–Crippen LogP) is 4.20. The van der Waals surface area contributed by atoms with Crippen LogP contribution in [0.4, 0.5) is 0 Å². The second-order valence-electron chi connectivity index (χ2n) is 8.68. The van der Waals surface area contributed by atoms with E-state index in [4.69, 9.17) is 4.74 Å². The lowest BCUT2D eigenvalue weighted by Gasteiger charge is -2.20. The lowest BCUT2D eigenvalue weighted by Crippen LogP contribution is -2.24. The Bertz CT molecular complexity index is 698. The van der Waals surface area contributed by atoms with Gasteiger partial charge in [0.05, 0.1) is 6.10 Å². The van der Waals surface area contributed by atoms with E-state index in [2.05, 4.69) is 5.32 Å². The van der Waals surface area contributed by atoms with Crippen molar-refractivity contribution < 1.29 is 19.4 Å². The molecule has 0 radical (unpaired) electrons. The molecule has 0 unspecified atom stereocenters. The van der Waals surface area contributed by atoms with Gasteiger partial charge >= 0.3 is 0 Å². The summed E-state index contributed by atoms with van der Waals surface area (Å²) in [6, 6.07) is 9.94. The summed E-state index contributed by atoms with van der Waals surface area (Å²) in [5.74, 6) is 1.43. The van der Waals surface area contributed by atoms with Gasteiger partial charge in [-0.25, -0.2) is 0 Å². The average Bonchev–Trinajstić information content (AvgIpc) is 3.50. The Morgan fingerprint density at radius 2 is 1.87 bits per heavy atom. The highest BCUT2D eigenvalue weighted by Gasteiger charge is 2.29. The molecule has 0 aliphatic heterocycles. The van der Waals surface area contributed by atoms with Gasteiger partial charge in [-0.05, 0) is 62.7 Å². The second kappa shape index (κ2) is 11.9. The molecule has 0 saturated heterocycles. The van der Waals surface area contributed by atoms with Gasteiger partial charge in [0.15, 0.2) is 5.78 Å². The highest BCUT2D eigenvalue weighted by atomic mass is 16.5. The molecular formula is C25H35NO4. The first kappa shape index (κ1) is 22.5. The van der Waals surface area contributed by atoms with E-state index < -0.39 is 6.10 Å². The maximum atomic E-state index is 12.2. The molecule has 0 aromatic heterocycles. The largest absolute Gasteiger partial charge is 0.491 e. The first-order valence-corrected chi connectivity index (χ1v) is 11.5. The summed E-state index contributed by atoms with van der Waals surface area (Å²) < 4.78 is 5.61. The lowest BCUT2D eigenvalue weighted by molar-refractivity contribution is -0.121. The van der Waals surface area contributed by atoms with Crippen LogP contribution in [0.5, 0.6) is 5.75 Å². The van der Waals surface area contributed by atoms with Gasteiger partial charge in [-0.1, -0.05) is 43.5 Å². The second-order valence-corrected chi connectivity index (χ2v) is 8.68. The first-order valence-electron chi connectivity index (χ1n) is 11.5. The number of hydrogen-bond acceptors (Lipinski definition) is 4. The molecule has 1 aromatic rings. The number of amides is 1. The molecule has 1 fully saturated rings. The van der Waals surface area contributed by atoms with Crippen molar-refractivity contribution in [1.29, 1.82) is 0 Å². The number of rotatable bonds is 14. The van der Waals surface area contributed by atoms with Crippen LogP contribution < -0.4 is 10.1 Å². The third kappa shape index (κ3) is 7.94. The van der Waals surface area contributed by atoms with Crippen LogP contribution in [0.15, 0.2) is 42.5 Å². The van der Waals surface area contributed by atoms with Crippen molar-refractivity contribution in [2.24, 2.45) is 11.8 Å². The number of ether oxygens (including phenoxy) is 1. The highest BCUT2D eigenvalue weighted by molar-refractivity contribution is 5.94. The van der Waals surface area contributed by atoms with E-state index in [1.54, 1.807) is 6.08 Å². The SMILES string of the molecule is O=C(CCCCCC[C@H]1C(=O)C=C[C@@H]1CC[C@@H](O)COc1ccccc1)NC1CC1. The molecule has 5 nitrogen and oxygen atoms in total. The van der Waals surface area contributed by atoms with Gasteiger partial charge in [-0.2, -0.15) is 0 Å². The maximum absolute atomic E-state index is 12.2. The van der Waals surface area contributed by atoms with E-state index >= 15 is 0 Å². The monoisotopic (exact) mass is 413 g/mol. The molecule has 2 aliphatic rings. The third-order valence-electron chi connectivity index (χ3n) is 6.02. The molecule has 2 N–H and O–H groups in total. The van der Waals surface area contributed by atoms with Gasteiger partial charge in [0.2, 0.25) is 5.91 Å². The Kier molecular flexibility index (Phi) is 8.94. The first-order chi connectivity index (χ1) is 14.6. The summed E-state index contributed by atoms with van der Waals surface area (Å²) in [6.45, 7) is 0.271. The molecule has 164 valence electrons. The third-order valence-corrected chi connectivity index (χ3v) is 6.02. The molecule has 0 heterocycles. The number of carbonyl (C=O) groups is 2. The molecule has 3 rings (SSSR count). The molecule has 3 atom stereocenters. The van der Waals surface area contributed by atoms with E-state index in [1.807, 2.05) is 36.4 Å². The number of ketones is 1. The average molecular weight is 414 g/mol. The molecule has 30 heavy (non-hydrogen) atoms. The van der Waals surface area contributed by atoms with Crippen LogP contribution in [-0.4, -0.2) is 35.5 Å². The van der Waals surface area contributed by atoms with Gasteiger partial charge in [0.25, 0.3) is 0 Å². The van der Waals surface area contributed by atoms with E-state index in [0.29, 0.717) is 18.9 Å². The number of benzene rings is 1. The summed E-state index contributed by atoms with van der Waals surface area (Å²) >= 11 is 0. The highest BCUT2D eigenvalue weighted by Crippen LogP contribution is 2.31. The van der Waals surface area contributed by atoms with E-state index in [1.165, 1.54) is 0 Å². The Hall–Kier alpha value is -2.14. The number of aliphatic hydroxyl groups is 1. The summed E-state index contributed by atoms with van der Waals surface area (Å²) in [6.07, 6.45) is 12.4. The van der Waals surface area contributed by atoms with Gasteiger partial charge in [0, 0.05) is 18.4 Å². The number of para-hydroxylation sites is 1. The summed E-state index contributed by atoms with van der Waals surface area (Å²) in [4.78, 5) is 23.9. The van der Waals surface area contributed by atoms with Gasteiger partial charge in [-0.3, -0.25) is 9.59 Å². The Labute approximate surface area is 179 Å². The van der Waals surface area contributed by atoms with Crippen molar-refractivity contribution in [2.75, 3.05) is 6.61 Å². The van der Waals surface area contributed by atoms with Crippen LogP contribution in [0.3, 0.4) is 0 Å². The van der Waals surface area contributed by atoms with E-state index in [0.717, 1.165) is 57.1 Å². The quantitative estimate of drug-likeness (QED) is 0.448. The number of unbranched alkanes of at least 4 members (excludes halogenated alkanes) is 3. The number of aliphatic hydroxyl groups excluding tert-OH is 1. The molecule has 2 aliphatic carbocycles. The minimum absolute atomic E-state index is 0.0467. The van der Waals surface area contributed by atoms with Crippen LogP contribution in [0.1, 0.15) is 64.2 Å². The number of allylic oxidation sites excluding steroid dienone is 2. The number of carbonyl (C=O) groups excluding carboxylic acids is 2. The summed E-state index contributed by atoms with van der Waals surface area (Å²) in [7, 11) is 0. The Morgan fingerprint density at radius 3 is 2.63 bits per heavy atom. The van der Waals surface area contributed by atoms with Crippen LogP contribution in [0, 0.1) is 11.8 Å². The number of nitrogens with one attached hydrogen (secondary N) is 1. The minimum Gasteiger partial charge on any atom is -0.491 e. The predicted molar refractivity (Wildman–Crippen MR) is 117 cm³/mol. The van der Waals surface area contributed by atoms with Crippen molar-refractivity contribution in [2.45, 2.75) is 76.4 Å². The molecule has 1 saturated carbocycles. The Morgan fingerprint density at radius 1 is 1.10 bits per heavy atom. The van der Waals surface area contributed by atoms with Crippen molar-refractivity contribution in [3.63, 3.8) is 0 Å². The Balaban J connectivity index is 1.26. The maximum Gasteiger partial charge on any atom is 0.220 e. The van der Waals surface area contributed by atoms with E-state index in [9.17, 15) is 14.7 Å². The fourth-order valence-electron chi connectivity index (χ4n) is 4.05. The van der Waals surface area contributed by atoms with Crippen molar-refractivity contribution >= 4 is 11.7 Å². The molecule has 1 amide bonds. The van der Waals surface area contributed by atoms with Crippen LogP contribution in [0.2, 0.25) is 0 Å². The molecule has 0 spiro atoms. The van der Waals surface area contributed by atoms with Crippen LogP contribution >= 0.6 is 0 Å². The summed E-state index contributed by atoms with van der Waals surface area (Å²) in [5.41, 5.74) is 0. The lowest BCUT2D eigenvalue weighted by atomic mass is 9.86. The fourth-order valence-corrected chi connectivity index (χ4v) is 4.05. The van der Waals surface area contributed by atoms with Gasteiger partial charge in [0.1, 0.15) is 12.4 Å². The standard InChI is InChI=1S/C25H35NO4/c27-21(18-30-22-8-4-3-5-9-22)16-12-19-13-17-24(28)23(19)10-6-1-2-7-11-25(29)26-20-14-15-20/h3-5,8-9,13,17,19-21,23,27H,1-2,6-7,10-12,14-16,18H2,(H,26,29)/t19-,21+,23+/m0/s1. The molecule has 5 heteroatoms. The zero-order valence-electron chi connectivity index (χ0n) is 17.8. The van der Waals surface area contributed by atoms with Crippen molar-refractivity contribution in [3.8, 4) is 5.75 Å². The topological polar surface area (TPSA) is 75.6 Å². The van der Waals surface area contributed by atoms with Crippen molar-refractivity contribution in [3.05, 3.63) is 42.5 Å². The minimum atomic E-state index is -0.531. The van der Waals surface area contributed by atoms with Crippen LogP contribution in [0.25, 0.3) is 0 Å². The van der Waals surface area contributed by atoms with Crippen molar-refractivity contribution in [1.82, 2.24) is 5.32 Å². The molecule has 1 aromatic carbocycles. The summed E-state index contributed by atoms with van der Waals surface area (Å²) in [5, 5.41) is 13.3. The van der Waals surface area contributed by atoms with Gasteiger partial charge in [-0.15, -0.1) is 0 Å². The smallest absolute Gasteiger partial charge is 0.220 e.